The topological polar surface area (TPSA) is 92.8 Å². The van der Waals surface area contributed by atoms with E-state index < -0.39 is 25.3 Å². The molecule has 0 bridgehead atoms. The Kier molecular flexibility index (Phi) is 4.57. The van der Waals surface area contributed by atoms with E-state index in [4.69, 9.17) is 4.74 Å². The minimum absolute atomic E-state index is 0.103. The predicted molar refractivity (Wildman–Crippen MR) is 86.4 cm³/mol. The second-order valence-electron chi connectivity index (χ2n) is 5.32. The molecule has 0 atom stereocenters. The third-order valence-corrected chi connectivity index (χ3v) is 7.06. The fourth-order valence-electron chi connectivity index (χ4n) is 2.13. The lowest BCUT2D eigenvalue weighted by Crippen LogP contribution is -2.26. The molecule has 7 nitrogen and oxygen atoms in total. The van der Waals surface area contributed by atoms with Crippen LogP contribution in [0.2, 0.25) is 0 Å². The molecule has 1 saturated heterocycles. The summed E-state index contributed by atoms with van der Waals surface area (Å²) in [5, 5.41) is -0.614. The van der Waals surface area contributed by atoms with Crippen molar-refractivity contribution in [1.82, 2.24) is 0 Å². The van der Waals surface area contributed by atoms with Gasteiger partial charge in [-0.3, -0.25) is 9.03 Å². The van der Waals surface area contributed by atoms with Crippen molar-refractivity contribution in [1.29, 1.82) is 0 Å². The van der Waals surface area contributed by atoms with Crippen molar-refractivity contribution in [2.45, 2.75) is 25.5 Å². The van der Waals surface area contributed by atoms with Crippen molar-refractivity contribution >= 4 is 31.4 Å². The average molecular weight is 348 g/mol. The van der Waals surface area contributed by atoms with Gasteiger partial charge in [0.15, 0.2) is 0 Å². The van der Waals surface area contributed by atoms with Gasteiger partial charge in [0.25, 0.3) is 0 Å². The van der Waals surface area contributed by atoms with E-state index in [1.54, 1.807) is 26.0 Å². The third kappa shape index (κ3) is 3.30. The van der Waals surface area contributed by atoms with E-state index in [2.05, 4.69) is 4.72 Å². The van der Waals surface area contributed by atoms with Crippen LogP contribution in [0.25, 0.3) is 0 Å². The van der Waals surface area contributed by atoms with Crippen LogP contribution in [-0.2, 0) is 20.0 Å². The lowest BCUT2D eigenvalue weighted by Gasteiger charge is -2.20. The van der Waals surface area contributed by atoms with Gasteiger partial charge in [-0.15, -0.1) is 0 Å². The molecule has 1 aromatic rings. The van der Waals surface area contributed by atoms with Crippen molar-refractivity contribution in [2.24, 2.45) is 0 Å². The Bertz CT molecular complexity index is 757. The van der Waals surface area contributed by atoms with Gasteiger partial charge >= 0.3 is 0 Å². The van der Waals surface area contributed by atoms with E-state index in [9.17, 15) is 16.8 Å². The zero-order valence-electron chi connectivity index (χ0n) is 12.7. The lowest BCUT2D eigenvalue weighted by atomic mass is 10.2. The normalized spacial score (nSPS) is 17.7. The van der Waals surface area contributed by atoms with Gasteiger partial charge in [0, 0.05) is 6.54 Å². The summed E-state index contributed by atoms with van der Waals surface area (Å²) in [6.07, 6.45) is 0.557. The van der Waals surface area contributed by atoms with Gasteiger partial charge in [-0.1, -0.05) is 0 Å². The van der Waals surface area contributed by atoms with Crippen LogP contribution in [0.1, 0.15) is 20.3 Å². The van der Waals surface area contributed by atoms with Crippen LogP contribution in [0, 0.1) is 0 Å². The summed E-state index contributed by atoms with van der Waals surface area (Å²) in [5.41, 5.74) is 0.663. The van der Waals surface area contributed by atoms with Crippen LogP contribution in [-0.4, -0.2) is 41.5 Å². The first-order valence-corrected chi connectivity index (χ1v) is 10.0. The van der Waals surface area contributed by atoms with E-state index in [0.717, 1.165) is 0 Å². The molecule has 0 aromatic heterocycles. The molecular formula is C13H20N2O5S2. The summed E-state index contributed by atoms with van der Waals surface area (Å²) in [6.45, 7) is 3.51. The largest absolute Gasteiger partial charge is 0.495 e. The monoisotopic (exact) mass is 348 g/mol. The zero-order chi connectivity index (χ0) is 16.5. The molecule has 0 spiro atoms. The molecule has 124 valence electrons. The van der Waals surface area contributed by atoms with Gasteiger partial charge in [0.05, 0.1) is 29.5 Å². The van der Waals surface area contributed by atoms with Crippen molar-refractivity contribution < 1.29 is 21.6 Å². The second-order valence-corrected chi connectivity index (χ2v) is 9.57. The molecule has 1 aromatic carbocycles. The first kappa shape index (κ1) is 16.9. The summed E-state index contributed by atoms with van der Waals surface area (Å²) in [7, 11) is -5.45. The average Bonchev–Trinajstić information content (AvgIpc) is 2.77. The van der Waals surface area contributed by atoms with Crippen LogP contribution in [0.4, 0.5) is 11.4 Å². The summed E-state index contributed by atoms with van der Waals surface area (Å²) in [6, 6.07) is 4.65. The number of hydrogen-bond donors (Lipinski definition) is 1. The molecule has 1 fully saturated rings. The minimum Gasteiger partial charge on any atom is -0.495 e. The van der Waals surface area contributed by atoms with Gasteiger partial charge in [-0.2, -0.15) is 0 Å². The molecule has 1 aliphatic heterocycles. The van der Waals surface area contributed by atoms with Gasteiger partial charge in [-0.25, -0.2) is 16.8 Å². The predicted octanol–water partition coefficient (Wildman–Crippen LogP) is 1.39. The van der Waals surface area contributed by atoms with E-state index in [1.807, 2.05) is 0 Å². The Hall–Kier alpha value is -1.48. The molecule has 1 heterocycles. The highest BCUT2D eigenvalue weighted by Crippen LogP contribution is 2.33. The first-order valence-electron chi connectivity index (χ1n) is 6.87. The number of anilines is 2. The smallest absolute Gasteiger partial charge is 0.235 e. The number of sulfonamides is 2. The molecule has 9 heteroatoms. The number of methoxy groups -OCH3 is 1. The minimum atomic E-state index is -3.55. The quantitative estimate of drug-likeness (QED) is 0.868. The van der Waals surface area contributed by atoms with Crippen LogP contribution in [0.3, 0.4) is 0 Å². The number of rotatable bonds is 5. The molecule has 1 aliphatic rings. The number of hydrogen-bond acceptors (Lipinski definition) is 5. The van der Waals surface area contributed by atoms with Gasteiger partial charge in [-0.05, 0) is 38.5 Å². The van der Waals surface area contributed by atoms with Gasteiger partial charge < -0.3 is 4.74 Å². The van der Waals surface area contributed by atoms with Crippen molar-refractivity contribution in [3.05, 3.63) is 18.2 Å². The van der Waals surface area contributed by atoms with Crippen molar-refractivity contribution in [3.63, 3.8) is 0 Å². The Morgan fingerprint density at radius 1 is 1.32 bits per heavy atom. The number of ether oxygens (including phenoxy) is 1. The lowest BCUT2D eigenvalue weighted by molar-refractivity contribution is 0.417. The fraction of sp³-hybridized carbons (Fsp3) is 0.538. The standard InChI is InChI=1S/C13H20N2O5S2/c1-10(2)22(18,19)14-12-9-11(5-6-13(12)20-3)15-7-4-8-21(15,16)17/h5-6,9-10,14H,4,7-8H2,1-3H3. The van der Waals surface area contributed by atoms with Crippen LogP contribution >= 0.6 is 0 Å². The molecule has 1 N–H and O–H groups in total. The van der Waals surface area contributed by atoms with E-state index in [0.29, 0.717) is 24.4 Å². The zero-order valence-corrected chi connectivity index (χ0v) is 14.4. The van der Waals surface area contributed by atoms with E-state index in [-0.39, 0.29) is 11.4 Å². The summed E-state index contributed by atoms with van der Waals surface area (Å²) in [5.74, 6) is 0.441. The van der Waals surface area contributed by atoms with Crippen LogP contribution in [0.15, 0.2) is 18.2 Å². The Balaban J connectivity index is 2.43. The molecule has 0 saturated carbocycles. The molecule has 22 heavy (non-hydrogen) atoms. The molecular weight excluding hydrogens is 328 g/mol. The maximum absolute atomic E-state index is 12.0. The van der Waals surface area contributed by atoms with E-state index >= 15 is 0 Å². The van der Waals surface area contributed by atoms with E-state index in [1.165, 1.54) is 17.5 Å². The molecule has 2 rings (SSSR count). The number of benzene rings is 1. The summed E-state index contributed by atoms with van der Waals surface area (Å²) in [4.78, 5) is 0. The first-order chi connectivity index (χ1) is 10.2. The second kappa shape index (κ2) is 5.96. The summed E-state index contributed by atoms with van der Waals surface area (Å²) >= 11 is 0. The van der Waals surface area contributed by atoms with Gasteiger partial charge in [0.2, 0.25) is 20.0 Å². The Morgan fingerprint density at radius 3 is 2.50 bits per heavy atom. The molecule has 0 amide bonds. The van der Waals surface area contributed by atoms with Crippen LogP contribution in [0.5, 0.6) is 5.75 Å². The van der Waals surface area contributed by atoms with Crippen molar-refractivity contribution in [2.75, 3.05) is 28.4 Å². The highest BCUT2D eigenvalue weighted by molar-refractivity contribution is 7.93. The van der Waals surface area contributed by atoms with Crippen LogP contribution < -0.4 is 13.8 Å². The molecule has 0 radical (unpaired) electrons. The fourth-order valence-corrected chi connectivity index (χ4v) is 4.39. The van der Waals surface area contributed by atoms with Crippen molar-refractivity contribution in [3.8, 4) is 5.75 Å². The van der Waals surface area contributed by atoms with Gasteiger partial charge in [0.1, 0.15) is 5.75 Å². The highest BCUT2D eigenvalue weighted by atomic mass is 32.2. The third-order valence-electron chi connectivity index (χ3n) is 3.44. The number of nitrogens with one attached hydrogen (secondary N) is 1. The highest BCUT2D eigenvalue weighted by Gasteiger charge is 2.29. The molecule has 0 unspecified atom stereocenters. The maximum Gasteiger partial charge on any atom is 0.235 e. The SMILES string of the molecule is COc1ccc(N2CCCS2(=O)=O)cc1NS(=O)(=O)C(C)C. The molecule has 0 aliphatic carbocycles. The Labute approximate surface area is 131 Å². The maximum atomic E-state index is 12.0. The number of nitrogens with zero attached hydrogens (tertiary/aromatic N) is 1. The Morgan fingerprint density at radius 2 is 2.00 bits per heavy atom. The summed E-state index contributed by atoms with van der Waals surface area (Å²) < 4.78 is 56.9.